The molecule has 1 atom stereocenters. The Kier molecular flexibility index (Phi) is 5.84. The maximum atomic E-state index is 12.8. The topological polar surface area (TPSA) is 66.3 Å². The summed E-state index contributed by atoms with van der Waals surface area (Å²) in [6.07, 6.45) is 0.947. The maximum absolute atomic E-state index is 12.8. The molecule has 1 N–H and O–H groups in total. The first kappa shape index (κ1) is 20.1. The molecule has 0 amide bonds. The van der Waals surface area contributed by atoms with Crippen molar-refractivity contribution in [1.29, 1.82) is 0 Å². The van der Waals surface area contributed by atoms with E-state index < -0.39 is 0 Å². The maximum Gasteiger partial charge on any atom is 0.332 e. The van der Waals surface area contributed by atoms with Crippen molar-refractivity contribution in [1.82, 2.24) is 18.7 Å². The van der Waals surface area contributed by atoms with Crippen LogP contribution in [-0.4, -0.2) is 25.7 Å². The highest BCUT2D eigenvalue weighted by molar-refractivity contribution is 5.71. The number of nitrogens with zero attached hydrogens (tertiary/aromatic N) is 4. The van der Waals surface area contributed by atoms with E-state index in [4.69, 9.17) is 4.98 Å². The summed E-state index contributed by atoms with van der Waals surface area (Å²) in [5.41, 5.74) is 1.63. The summed E-state index contributed by atoms with van der Waals surface area (Å²) >= 11 is 0. The van der Waals surface area contributed by atoms with E-state index in [2.05, 4.69) is 33.0 Å². The quantitative estimate of drug-likeness (QED) is 0.652. The Morgan fingerprint density at radius 3 is 2.36 bits per heavy atom. The average Bonchev–Trinajstić information content (AvgIpc) is 3.01. The molecule has 0 saturated heterocycles. The molecule has 0 aliphatic rings. The molecule has 0 aliphatic carbocycles. The third-order valence-electron chi connectivity index (χ3n) is 5.17. The third-order valence-corrected chi connectivity index (χ3v) is 5.17. The molecule has 7 heteroatoms. The molecule has 0 fully saturated rings. The molecule has 0 saturated carbocycles. The van der Waals surface area contributed by atoms with Gasteiger partial charge in [-0.2, -0.15) is 0 Å². The van der Waals surface area contributed by atoms with E-state index in [9.17, 15) is 9.59 Å². The van der Waals surface area contributed by atoms with Gasteiger partial charge in [0.05, 0.1) is 7.05 Å². The number of hydrogen-bond acceptors (Lipinski definition) is 3. The summed E-state index contributed by atoms with van der Waals surface area (Å²) in [7, 11) is 5.32. The summed E-state index contributed by atoms with van der Waals surface area (Å²) in [6.45, 7) is 6.60. The number of fused-ring (bicyclic) bond motifs is 1. The van der Waals surface area contributed by atoms with E-state index in [1.807, 2.05) is 22.8 Å². The molecule has 1 aromatic carbocycles. The van der Waals surface area contributed by atoms with Crippen molar-refractivity contribution >= 4 is 11.2 Å². The molecular weight excluding hydrogens is 354 g/mol. The first-order valence-corrected chi connectivity index (χ1v) is 9.80. The monoisotopic (exact) mass is 384 g/mol. The normalized spacial score (nSPS) is 12.8. The lowest BCUT2D eigenvalue weighted by molar-refractivity contribution is -0.908. The average molecular weight is 385 g/mol. The van der Waals surface area contributed by atoms with Gasteiger partial charge in [0, 0.05) is 26.2 Å². The van der Waals surface area contributed by atoms with Crippen molar-refractivity contribution in [3.05, 3.63) is 62.6 Å². The van der Waals surface area contributed by atoms with Crippen LogP contribution in [0.4, 0.5) is 0 Å². The number of imidazole rings is 1. The molecule has 2 heterocycles. The Balaban J connectivity index is 2.04. The highest BCUT2D eigenvalue weighted by Gasteiger charge is 2.21. The van der Waals surface area contributed by atoms with Crippen LogP contribution in [0.15, 0.2) is 39.9 Å². The summed E-state index contributed by atoms with van der Waals surface area (Å²) in [5, 5.41) is 0. The fourth-order valence-corrected chi connectivity index (χ4v) is 3.53. The van der Waals surface area contributed by atoms with Crippen molar-refractivity contribution in [2.24, 2.45) is 20.0 Å². The Labute approximate surface area is 164 Å². The van der Waals surface area contributed by atoms with E-state index in [1.54, 1.807) is 7.05 Å². The Morgan fingerprint density at radius 1 is 1.04 bits per heavy atom. The van der Waals surface area contributed by atoms with E-state index in [1.165, 1.54) is 26.6 Å². The van der Waals surface area contributed by atoms with Crippen molar-refractivity contribution in [2.75, 3.05) is 7.05 Å². The van der Waals surface area contributed by atoms with Crippen molar-refractivity contribution in [2.45, 2.75) is 39.9 Å². The molecule has 2 aromatic heterocycles. The molecule has 7 nitrogen and oxygen atoms in total. The van der Waals surface area contributed by atoms with Gasteiger partial charge in [-0.25, -0.2) is 9.78 Å². The smallest absolute Gasteiger partial charge is 0.327 e. The Morgan fingerprint density at radius 2 is 1.71 bits per heavy atom. The third kappa shape index (κ3) is 3.94. The fourth-order valence-electron chi connectivity index (χ4n) is 3.53. The van der Waals surface area contributed by atoms with Gasteiger partial charge in [-0.3, -0.25) is 13.9 Å². The molecule has 0 aliphatic heterocycles. The molecule has 1 unspecified atom stereocenters. The lowest BCUT2D eigenvalue weighted by atomic mass is 10.1. The van der Waals surface area contributed by atoms with Crippen LogP contribution in [0.5, 0.6) is 0 Å². The minimum absolute atomic E-state index is 0.277. The summed E-state index contributed by atoms with van der Waals surface area (Å²) in [6, 6.07) is 10.3. The van der Waals surface area contributed by atoms with Gasteiger partial charge in [0.1, 0.15) is 13.1 Å². The standard InChI is InChI=1S/C21H29N5O2/c1-15(2)11-12-26-17(14-23(3)13-16-9-7-6-8-10-16)22-19-18(26)20(27)25(5)21(28)24(19)4/h6-10,15H,11-14H2,1-5H3/p+1. The molecule has 28 heavy (non-hydrogen) atoms. The molecule has 150 valence electrons. The summed E-state index contributed by atoms with van der Waals surface area (Å²) in [4.78, 5) is 31.2. The van der Waals surface area contributed by atoms with Gasteiger partial charge in [-0.15, -0.1) is 0 Å². The highest BCUT2D eigenvalue weighted by atomic mass is 16.2. The van der Waals surface area contributed by atoms with E-state index in [-0.39, 0.29) is 11.2 Å². The molecule has 3 rings (SSSR count). The number of hydrogen-bond donors (Lipinski definition) is 1. The van der Waals surface area contributed by atoms with Crippen LogP contribution in [-0.2, 0) is 33.7 Å². The predicted molar refractivity (Wildman–Crippen MR) is 110 cm³/mol. The second-order valence-corrected chi connectivity index (χ2v) is 8.04. The van der Waals surface area contributed by atoms with Crippen molar-refractivity contribution < 1.29 is 4.90 Å². The van der Waals surface area contributed by atoms with Gasteiger partial charge in [-0.1, -0.05) is 44.2 Å². The number of nitrogens with one attached hydrogen (secondary N) is 1. The van der Waals surface area contributed by atoms with Crippen molar-refractivity contribution in [3.63, 3.8) is 0 Å². The van der Waals surface area contributed by atoms with Crippen LogP contribution in [0.25, 0.3) is 11.2 Å². The van der Waals surface area contributed by atoms with E-state index in [0.29, 0.717) is 23.6 Å². The predicted octanol–water partition coefficient (Wildman–Crippen LogP) is 0.695. The summed E-state index contributed by atoms with van der Waals surface area (Å²) < 4.78 is 4.66. The van der Waals surface area contributed by atoms with Gasteiger partial charge in [-0.05, 0) is 12.3 Å². The SMILES string of the molecule is CC(C)CCn1c(C[NH+](C)Cc2ccccc2)nc2c1c(=O)n(C)c(=O)n2C. The first-order valence-electron chi connectivity index (χ1n) is 9.80. The zero-order chi connectivity index (χ0) is 20.4. The van der Waals surface area contributed by atoms with Crippen LogP contribution in [0.3, 0.4) is 0 Å². The molecule has 0 bridgehead atoms. The highest BCUT2D eigenvalue weighted by Crippen LogP contribution is 2.13. The second kappa shape index (κ2) is 8.14. The van der Waals surface area contributed by atoms with E-state index in [0.717, 1.165) is 25.3 Å². The zero-order valence-electron chi connectivity index (χ0n) is 17.4. The largest absolute Gasteiger partial charge is 0.332 e. The molecular formula is C21H30N5O2+. The van der Waals surface area contributed by atoms with Crippen molar-refractivity contribution in [3.8, 4) is 0 Å². The minimum Gasteiger partial charge on any atom is -0.327 e. The number of rotatable bonds is 7. The van der Waals surface area contributed by atoms with Gasteiger partial charge in [0.2, 0.25) is 0 Å². The second-order valence-electron chi connectivity index (χ2n) is 8.04. The van der Waals surface area contributed by atoms with Gasteiger partial charge >= 0.3 is 5.69 Å². The Hall–Kier alpha value is -2.67. The Bertz CT molecular complexity index is 1080. The van der Waals surface area contributed by atoms with Crippen LogP contribution in [0, 0.1) is 5.92 Å². The van der Waals surface area contributed by atoms with Crippen LogP contribution in [0.1, 0.15) is 31.7 Å². The molecule has 3 aromatic rings. The fraction of sp³-hybridized carbons (Fsp3) is 0.476. The van der Waals surface area contributed by atoms with Gasteiger partial charge in [0.25, 0.3) is 5.56 Å². The zero-order valence-corrected chi connectivity index (χ0v) is 17.4. The number of benzene rings is 1. The minimum atomic E-state index is -0.345. The lowest BCUT2D eigenvalue weighted by Gasteiger charge is -2.16. The molecule has 0 radical (unpaired) electrons. The van der Waals surface area contributed by atoms with Gasteiger partial charge < -0.3 is 9.47 Å². The number of aryl methyl sites for hydroxylation is 2. The van der Waals surface area contributed by atoms with Crippen LogP contribution < -0.4 is 16.1 Å². The van der Waals surface area contributed by atoms with E-state index >= 15 is 0 Å². The van der Waals surface area contributed by atoms with Gasteiger partial charge in [0.15, 0.2) is 17.0 Å². The van der Waals surface area contributed by atoms with Crippen LogP contribution in [0.2, 0.25) is 0 Å². The number of quaternary nitrogens is 1. The molecule has 0 spiro atoms. The van der Waals surface area contributed by atoms with Crippen LogP contribution >= 0.6 is 0 Å². The lowest BCUT2D eigenvalue weighted by Crippen LogP contribution is -3.06. The first-order chi connectivity index (χ1) is 13.3. The summed E-state index contributed by atoms with van der Waals surface area (Å²) in [5.74, 6) is 1.36. The number of aromatic nitrogens is 4.